The number of rotatable bonds is 10. The maximum absolute atomic E-state index is 14.8. The summed E-state index contributed by atoms with van der Waals surface area (Å²) in [4.78, 5) is 27.6. The minimum Gasteiger partial charge on any atom is -0.497 e. The Bertz CT molecular complexity index is 1110. The van der Waals surface area contributed by atoms with Crippen LogP contribution in [0.1, 0.15) is 37.4 Å². The number of hydrogen-bond acceptors (Lipinski definition) is 6. The van der Waals surface area contributed by atoms with Crippen LogP contribution in [0.2, 0.25) is 0 Å². The van der Waals surface area contributed by atoms with Crippen LogP contribution in [0, 0.1) is 5.82 Å². The van der Waals surface area contributed by atoms with Crippen LogP contribution in [0.5, 0.6) is 11.5 Å². The van der Waals surface area contributed by atoms with Gasteiger partial charge in [-0.15, -0.1) is 0 Å². The number of carbonyl (C=O) groups is 2. The first-order valence-electron chi connectivity index (χ1n) is 11.7. The summed E-state index contributed by atoms with van der Waals surface area (Å²) in [6, 6.07) is 10.4. The maximum Gasteiger partial charge on any atom is 0.318 e. The van der Waals surface area contributed by atoms with Gasteiger partial charge in [-0.25, -0.2) is 14.2 Å². The van der Waals surface area contributed by atoms with Crippen LogP contribution >= 0.6 is 0 Å². The van der Waals surface area contributed by atoms with E-state index in [9.17, 15) is 14.0 Å². The van der Waals surface area contributed by atoms with E-state index >= 15 is 0 Å². The third kappa shape index (κ3) is 6.31. The van der Waals surface area contributed by atoms with Crippen molar-refractivity contribution < 1.29 is 28.2 Å². The van der Waals surface area contributed by atoms with Crippen LogP contribution in [0.4, 0.5) is 9.18 Å². The second kappa shape index (κ2) is 12.3. The maximum atomic E-state index is 14.8. The first-order valence-corrected chi connectivity index (χ1v) is 11.7. The summed E-state index contributed by atoms with van der Waals surface area (Å²) in [7, 11) is 4.61. The molecule has 36 heavy (non-hydrogen) atoms. The molecule has 1 atom stereocenters. The quantitative estimate of drug-likeness (QED) is 0.538. The van der Waals surface area contributed by atoms with E-state index < -0.39 is 23.8 Å². The van der Waals surface area contributed by atoms with Gasteiger partial charge in [-0.1, -0.05) is 18.2 Å². The molecule has 10 heteroatoms. The van der Waals surface area contributed by atoms with Crippen LogP contribution in [0.15, 0.2) is 47.6 Å². The van der Waals surface area contributed by atoms with Crippen LogP contribution < -0.4 is 14.8 Å². The molecule has 0 saturated carbocycles. The van der Waals surface area contributed by atoms with Crippen LogP contribution in [0.25, 0.3) is 0 Å². The Balaban J connectivity index is 1.96. The summed E-state index contributed by atoms with van der Waals surface area (Å²) in [5.74, 6) is 0.249. The molecule has 1 heterocycles. The monoisotopic (exact) mass is 500 g/mol. The van der Waals surface area contributed by atoms with E-state index in [0.29, 0.717) is 28.3 Å². The standard InChI is InChI=1S/C26H33FN4O5/c1-17(2)28-26(33)30(12-13-34-3)16-25(32)31-23(19-8-6-7-9-21(19)27)15-22(29-31)20-11-10-18(35-4)14-24(20)36-5/h6-11,14,17,23H,12-13,15-16H2,1-5H3,(H,28,33). The summed E-state index contributed by atoms with van der Waals surface area (Å²) in [6.45, 7) is 3.89. The van der Waals surface area contributed by atoms with Gasteiger partial charge in [0.25, 0.3) is 5.91 Å². The highest BCUT2D eigenvalue weighted by Gasteiger charge is 2.36. The van der Waals surface area contributed by atoms with Gasteiger partial charge < -0.3 is 24.4 Å². The van der Waals surface area contributed by atoms with Crippen molar-refractivity contribution in [3.05, 3.63) is 59.4 Å². The third-order valence-corrected chi connectivity index (χ3v) is 5.74. The Morgan fingerprint density at radius 1 is 1.17 bits per heavy atom. The molecular weight excluding hydrogens is 467 g/mol. The fourth-order valence-electron chi connectivity index (χ4n) is 3.96. The predicted molar refractivity (Wildman–Crippen MR) is 134 cm³/mol. The number of nitrogens with zero attached hydrogens (tertiary/aromatic N) is 3. The van der Waals surface area contributed by atoms with Gasteiger partial charge in [-0.05, 0) is 32.0 Å². The molecule has 0 aliphatic carbocycles. The minimum absolute atomic E-state index is 0.109. The van der Waals surface area contributed by atoms with Crippen molar-refractivity contribution in [1.82, 2.24) is 15.2 Å². The number of urea groups is 1. The molecule has 1 aliphatic rings. The molecule has 1 N–H and O–H groups in total. The van der Waals surface area contributed by atoms with Gasteiger partial charge in [0.15, 0.2) is 0 Å². The molecule has 3 rings (SSSR count). The van der Waals surface area contributed by atoms with Crippen molar-refractivity contribution in [3.63, 3.8) is 0 Å². The molecule has 1 unspecified atom stereocenters. The average molecular weight is 501 g/mol. The van der Waals surface area contributed by atoms with Gasteiger partial charge in [-0.2, -0.15) is 5.10 Å². The highest BCUT2D eigenvalue weighted by atomic mass is 19.1. The topological polar surface area (TPSA) is 92.7 Å². The van der Waals surface area contributed by atoms with Crippen molar-refractivity contribution >= 4 is 17.6 Å². The van der Waals surface area contributed by atoms with E-state index in [2.05, 4.69) is 10.4 Å². The van der Waals surface area contributed by atoms with Crippen LogP contribution in [-0.4, -0.2) is 74.6 Å². The fourth-order valence-corrected chi connectivity index (χ4v) is 3.96. The van der Waals surface area contributed by atoms with Gasteiger partial charge in [0, 0.05) is 43.3 Å². The first-order chi connectivity index (χ1) is 17.3. The summed E-state index contributed by atoms with van der Waals surface area (Å²) >= 11 is 0. The molecule has 0 bridgehead atoms. The summed E-state index contributed by atoms with van der Waals surface area (Å²) in [6.07, 6.45) is 0.269. The second-order valence-corrected chi connectivity index (χ2v) is 8.61. The van der Waals surface area contributed by atoms with E-state index in [0.717, 1.165) is 0 Å². The van der Waals surface area contributed by atoms with Crippen molar-refractivity contribution in [1.29, 1.82) is 0 Å². The lowest BCUT2D eigenvalue weighted by molar-refractivity contribution is -0.133. The molecule has 2 aromatic carbocycles. The third-order valence-electron chi connectivity index (χ3n) is 5.74. The molecule has 9 nitrogen and oxygen atoms in total. The number of hydrazone groups is 1. The first kappa shape index (κ1) is 26.9. The Kier molecular flexibility index (Phi) is 9.24. The number of benzene rings is 2. The van der Waals surface area contributed by atoms with Gasteiger partial charge >= 0.3 is 6.03 Å². The molecule has 3 amide bonds. The number of nitrogens with one attached hydrogen (secondary N) is 1. The fraction of sp³-hybridized carbons (Fsp3) is 0.423. The van der Waals surface area contributed by atoms with Gasteiger partial charge in [0.2, 0.25) is 0 Å². The molecule has 0 fully saturated rings. The Hall–Kier alpha value is -3.66. The highest BCUT2D eigenvalue weighted by molar-refractivity contribution is 6.05. The number of methoxy groups -OCH3 is 3. The van der Waals surface area contributed by atoms with Gasteiger partial charge in [-0.3, -0.25) is 4.79 Å². The van der Waals surface area contributed by atoms with Gasteiger partial charge in [0.05, 0.1) is 32.6 Å². The lowest BCUT2D eigenvalue weighted by atomic mass is 9.97. The average Bonchev–Trinajstić information content (AvgIpc) is 3.30. The lowest BCUT2D eigenvalue weighted by Gasteiger charge is -2.27. The van der Waals surface area contributed by atoms with Gasteiger partial charge in [0.1, 0.15) is 23.9 Å². The van der Waals surface area contributed by atoms with Crippen LogP contribution in [0.3, 0.4) is 0 Å². The number of hydrogen-bond donors (Lipinski definition) is 1. The number of ether oxygens (including phenoxy) is 3. The summed E-state index contributed by atoms with van der Waals surface area (Å²) < 4.78 is 30.7. The van der Waals surface area contributed by atoms with E-state index in [1.54, 1.807) is 43.5 Å². The second-order valence-electron chi connectivity index (χ2n) is 8.61. The molecule has 1 aliphatic heterocycles. The summed E-state index contributed by atoms with van der Waals surface area (Å²) in [5.41, 5.74) is 1.57. The van der Waals surface area contributed by atoms with Crippen molar-refractivity contribution in [3.8, 4) is 11.5 Å². The Morgan fingerprint density at radius 2 is 1.92 bits per heavy atom. The van der Waals surface area contributed by atoms with E-state index in [1.807, 2.05) is 13.8 Å². The number of amides is 3. The smallest absolute Gasteiger partial charge is 0.318 e. The van der Waals surface area contributed by atoms with E-state index in [4.69, 9.17) is 14.2 Å². The number of carbonyl (C=O) groups excluding carboxylic acids is 2. The SMILES string of the molecule is COCCN(CC(=O)N1N=C(c2ccc(OC)cc2OC)CC1c1ccccc1F)C(=O)NC(C)C. The lowest BCUT2D eigenvalue weighted by Crippen LogP contribution is -2.48. The molecule has 0 aromatic heterocycles. The molecule has 0 spiro atoms. The van der Waals surface area contributed by atoms with Crippen molar-refractivity contribution in [2.45, 2.75) is 32.4 Å². The zero-order valence-corrected chi connectivity index (χ0v) is 21.3. The minimum atomic E-state index is -0.682. The number of halogens is 1. The zero-order chi connectivity index (χ0) is 26.2. The zero-order valence-electron chi connectivity index (χ0n) is 21.3. The normalized spacial score (nSPS) is 15.0. The molecule has 194 valence electrons. The molecule has 0 saturated heterocycles. The summed E-state index contributed by atoms with van der Waals surface area (Å²) in [5, 5.41) is 8.66. The van der Waals surface area contributed by atoms with Crippen LogP contribution in [-0.2, 0) is 9.53 Å². The van der Waals surface area contributed by atoms with Crippen molar-refractivity contribution in [2.75, 3.05) is 41.0 Å². The molecule has 2 aromatic rings. The Morgan fingerprint density at radius 3 is 2.56 bits per heavy atom. The predicted octanol–water partition coefficient (Wildman–Crippen LogP) is 3.59. The van der Waals surface area contributed by atoms with Crippen molar-refractivity contribution in [2.24, 2.45) is 5.10 Å². The molecular formula is C26H33FN4O5. The van der Waals surface area contributed by atoms with E-state index in [1.165, 1.54) is 30.2 Å². The van der Waals surface area contributed by atoms with E-state index in [-0.39, 0.29) is 32.2 Å². The Labute approximate surface area is 210 Å². The highest BCUT2D eigenvalue weighted by Crippen LogP contribution is 2.37. The largest absolute Gasteiger partial charge is 0.497 e. The molecule has 0 radical (unpaired) electrons.